The van der Waals surface area contributed by atoms with Crippen LogP contribution in [0.4, 0.5) is 28.8 Å². The average Bonchev–Trinajstić information content (AvgIpc) is 3.84. The number of anilines is 5. The standard InChI is InChI=1S/C36H43N10OP/c1-38-21-23(20-37)26-18-30(32(47-3)19-31(26)46-16-14-45(2)15-17-46)42-36-43-34-25(12-13-39-34)35(44-36)41-29-11-10-28-24(33(29)48(4)5)8-9-27(40-28)22-6-7-22/h8-13,18-22H,6-7,14-17,37H2,1-5H3,(H3,39,41,42,43,44). The third-order valence-electron chi connectivity index (χ3n) is 9.14. The maximum atomic E-state index is 6.15. The number of aromatic amines is 1. The number of rotatable bonds is 10. The summed E-state index contributed by atoms with van der Waals surface area (Å²) in [6, 6.07) is 14.8. The summed E-state index contributed by atoms with van der Waals surface area (Å²) in [5, 5.41) is 10.5. The van der Waals surface area contributed by atoms with Gasteiger partial charge in [0.25, 0.3) is 0 Å². The number of likely N-dealkylation sites (N-methyl/N-ethyl adjacent to an activating group) is 1. The number of hydrogen-bond acceptors (Lipinski definition) is 10. The predicted octanol–water partition coefficient (Wildman–Crippen LogP) is 6.00. The van der Waals surface area contributed by atoms with Crippen molar-refractivity contribution in [1.29, 1.82) is 0 Å². The molecule has 0 amide bonds. The highest BCUT2D eigenvalue weighted by molar-refractivity contribution is 7.65. The second kappa shape index (κ2) is 13.4. The van der Waals surface area contributed by atoms with Gasteiger partial charge in [0.15, 0.2) is 0 Å². The summed E-state index contributed by atoms with van der Waals surface area (Å²) in [5.41, 5.74) is 13.7. The van der Waals surface area contributed by atoms with Crippen molar-refractivity contribution < 1.29 is 4.74 Å². The SMILES string of the molecule is CN=CC(=CN)c1cc(Nc2nc(Nc3ccc4nc(C5CC5)ccc4c3P(C)C)c3cc[nH]c3n2)c(OC)cc1N1CCN(C)CC1. The van der Waals surface area contributed by atoms with Crippen molar-refractivity contribution in [3.05, 3.63) is 66.1 Å². The van der Waals surface area contributed by atoms with Crippen LogP contribution in [-0.2, 0) is 0 Å². The van der Waals surface area contributed by atoms with E-state index in [9.17, 15) is 0 Å². The van der Waals surface area contributed by atoms with Gasteiger partial charge in [-0.15, -0.1) is 0 Å². The Balaban J connectivity index is 1.27. The van der Waals surface area contributed by atoms with E-state index >= 15 is 0 Å². The molecule has 248 valence electrons. The molecule has 5 aromatic rings. The zero-order valence-corrected chi connectivity index (χ0v) is 29.1. The molecule has 0 unspecified atom stereocenters. The number of piperazine rings is 1. The number of aromatic nitrogens is 4. The monoisotopic (exact) mass is 662 g/mol. The first-order valence-electron chi connectivity index (χ1n) is 16.4. The summed E-state index contributed by atoms with van der Waals surface area (Å²) < 4.78 is 5.94. The fourth-order valence-electron chi connectivity index (χ4n) is 6.45. The minimum absolute atomic E-state index is 0.430. The zero-order valence-electron chi connectivity index (χ0n) is 28.2. The molecule has 0 spiro atoms. The van der Waals surface area contributed by atoms with Crippen LogP contribution < -0.4 is 31.3 Å². The van der Waals surface area contributed by atoms with Crippen LogP contribution in [-0.4, -0.2) is 91.8 Å². The van der Waals surface area contributed by atoms with E-state index in [1.54, 1.807) is 26.6 Å². The Bertz CT molecular complexity index is 2030. The highest BCUT2D eigenvalue weighted by Gasteiger charge is 2.26. The summed E-state index contributed by atoms with van der Waals surface area (Å²) in [6.45, 7) is 8.31. The van der Waals surface area contributed by atoms with Crippen molar-refractivity contribution in [3.63, 3.8) is 0 Å². The molecule has 1 aliphatic heterocycles. The van der Waals surface area contributed by atoms with Crippen molar-refractivity contribution in [2.45, 2.75) is 18.8 Å². The van der Waals surface area contributed by atoms with Gasteiger partial charge in [-0.3, -0.25) is 9.98 Å². The molecule has 11 nitrogen and oxygen atoms in total. The number of ether oxygens (including phenoxy) is 1. The van der Waals surface area contributed by atoms with Gasteiger partial charge in [-0.1, -0.05) is 14.0 Å². The number of aliphatic imine (C=N–C) groups is 1. The fourth-order valence-corrected chi connectivity index (χ4v) is 7.73. The van der Waals surface area contributed by atoms with E-state index in [2.05, 4.69) is 81.1 Å². The fraction of sp³-hybridized carbons (Fsp3) is 0.333. The van der Waals surface area contributed by atoms with E-state index in [0.717, 1.165) is 70.9 Å². The number of methoxy groups -OCH3 is 1. The molecule has 0 atom stereocenters. The number of nitrogens with zero attached hydrogens (tertiary/aromatic N) is 6. The number of hydrogen-bond donors (Lipinski definition) is 4. The van der Waals surface area contributed by atoms with Gasteiger partial charge in [-0.2, -0.15) is 9.97 Å². The molecular weight excluding hydrogens is 619 g/mol. The van der Waals surface area contributed by atoms with E-state index in [1.165, 1.54) is 29.2 Å². The maximum Gasteiger partial charge on any atom is 0.231 e. The van der Waals surface area contributed by atoms with Crippen molar-refractivity contribution in [2.75, 3.05) is 76.2 Å². The largest absolute Gasteiger partial charge is 0.494 e. The summed E-state index contributed by atoms with van der Waals surface area (Å²) in [7, 11) is 5.13. The Morgan fingerprint density at radius 1 is 1.00 bits per heavy atom. The minimum Gasteiger partial charge on any atom is -0.494 e. The lowest BCUT2D eigenvalue weighted by Crippen LogP contribution is -2.44. The van der Waals surface area contributed by atoms with Crippen molar-refractivity contribution in [1.82, 2.24) is 24.8 Å². The Morgan fingerprint density at radius 2 is 1.81 bits per heavy atom. The first kappa shape index (κ1) is 31.8. The molecule has 5 N–H and O–H groups in total. The van der Waals surface area contributed by atoms with Crippen LogP contribution in [0, 0.1) is 0 Å². The van der Waals surface area contributed by atoms with Gasteiger partial charge in [0, 0.05) is 103 Å². The van der Waals surface area contributed by atoms with E-state index in [-0.39, 0.29) is 0 Å². The van der Waals surface area contributed by atoms with Gasteiger partial charge in [-0.25, -0.2) is 0 Å². The molecular formula is C36H43N10OP. The first-order chi connectivity index (χ1) is 23.4. The summed E-state index contributed by atoms with van der Waals surface area (Å²) in [6.07, 6.45) is 7.75. The lowest BCUT2D eigenvalue weighted by atomic mass is 10.0. The number of allylic oxidation sites excluding steroid dienone is 1. The van der Waals surface area contributed by atoms with Crippen LogP contribution in [0.3, 0.4) is 0 Å². The molecule has 2 aliphatic rings. The normalized spacial score (nSPS) is 16.0. The van der Waals surface area contributed by atoms with Crippen LogP contribution >= 0.6 is 7.92 Å². The summed E-state index contributed by atoms with van der Waals surface area (Å²) in [4.78, 5) is 27.2. The van der Waals surface area contributed by atoms with E-state index in [4.69, 9.17) is 25.4 Å². The topological polar surface area (TPSA) is 133 Å². The van der Waals surface area contributed by atoms with E-state index in [0.29, 0.717) is 23.4 Å². The van der Waals surface area contributed by atoms with Crippen molar-refractivity contribution in [2.24, 2.45) is 10.7 Å². The Morgan fingerprint density at radius 3 is 2.52 bits per heavy atom. The molecule has 48 heavy (non-hydrogen) atoms. The highest BCUT2D eigenvalue weighted by atomic mass is 31.1. The summed E-state index contributed by atoms with van der Waals surface area (Å²) in [5.74, 6) is 2.43. The maximum absolute atomic E-state index is 6.15. The van der Waals surface area contributed by atoms with Gasteiger partial charge >= 0.3 is 0 Å². The molecule has 7 rings (SSSR count). The summed E-state index contributed by atoms with van der Waals surface area (Å²) >= 11 is 0. The van der Waals surface area contributed by atoms with Gasteiger partial charge in [0.1, 0.15) is 17.2 Å². The lowest BCUT2D eigenvalue weighted by Gasteiger charge is -2.35. The predicted molar refractivity (Wildman–Crippen MR) is 202 cm³/mol. The van der Waals surface area contributed by atoms with Crippen LogP contribution in [0.1, 0.15) is 30.0 Å². The molecule has 12 heteroatoms. The van der Waals surface area contributed by atoms with Crippen LogP contribution in [0.5, 0.6) is 5.75 Å². The van der Waals surface area contributed by atoms with Crippen LogP contribution in [0.15, 0.2) is 59.9 Å². The quantitative estimate of drug-likeness (QED) is 0.105. The number of nitrogens with two attached hydrogens (primary N) is 1. The van der Waals surface area contributed by atoms with Crippen LogP contribution in [0.2, 0.25) is 0 Å². The zero-order chi connectivity index (χ0) is 33.4. The molecule has 1 aliphatic carbocycles. The average molecular weight is 663 g/mol. The van der Waals surface area contributed by atoms with E-state index in [1.807, 2.05) is 18.3 Å². The van der Waals surface area contributed by atoms with Gasteiger partial charge in [0.05, 0.1) is 23.7 Å². The van der Waals surface area contributed by atoms with Gasteiger partial charge < -0.3 is 35.9 Å². The number of pyridine rings is 1. The molecule has 1 saturated heterocycles. The van der Waals surface area contributed by atoms with Gasteiger partial charge in [0.2, 0.25) is 5.95 Å². The molecule has 3 aromatic heterocycles. The molecule has 1 saturated carbocycles. The number of nitrogens with one attached hydrogen (secondary N) is 3. The minimum atomic E-state index is -0.453. The first-order valence-corrected chi connectivity index (χ1v) is 18.6. The Kier molecular flexibility index (Phi) is 8.90. The Hall–Kier alpha value is -4.73. The van der Waals surface area contributed by atoms with Gasteiger partial charge in [-0.05, 0) is 63.6 Å². The molecule has 0 bridgehead atoms. The number of H-pyrrole nitrogens is 1. The Labute approximate surface area is 282 Å². The molecule has 0 radical (unpaired) electrons. The van der Waals surface area contributed by atoms with E-state index < -0.39 is 7.92 Å². The third-order valence-corrected chi connectivity index (χ3v) is 10.5. The smallest absolute Gasteiger partial charge is 0.231 e. The van der Waals surface area contributed by atoms with Crippen molar-refractivity contribution in [3.8, 4) is 5.75 Å². The van der Waals surface area contributed by atoms with Crippen molar-refractivity contribution >= 4 is 75.8 Å². The lowest BCUT2D eigenvalue weighted by molar-refractivity contribution is 0.312. The second-order valence-electron chi connectivity index (χ2n) is 12.7. The number of benzene rings is 2. The van der Waals surface area contributed by atoms with Crippen LogP contribution in [0.25, 0.3) is 27.5 Å². The highest BCUT2D eigenvalue weighted by Crippen LogP contribution is 2.42. The number of fused-ring (bicyclic) bond motifs is 2. The molecule has 2 aromatic carbocycles. The molecule has 2 fully saturated rings. The third kappa shape index (κ3) is 6.28. The second-order valence-corrected chi connectivity index (χ2v) is 14.9. The molecule has 4 heterocycles.